The molecule has 1 fully saturated rings. The zero-order valence-electron chi connectivity index (χ0n) is 13.4. The van der Waals surface area contributed by atoms with Gasteiger partial charge < -0.3 is 15.2 Å². The topological polar surface area (TPSA) is 41.5 Å². The van der Waals surface area contributed by atoms with E-state index in [2.05, 4.69) is 23.5 Å². The first-order valence-electron chi connectivity index (χ1n) is 8.35. The maximum absolute atomic E-state index is 10.1. The minimum absolute atomic E-state index is 0. The number of aliphatic hydroxyl groups is 1. The zero-order valence-corrected chi connectivity index (χ0v) is 14.2. The minimum atomic E-state index is -0.471. The van der Waals surface area contributed by atoms with Crippen LogP contribution in [0, 0.1) is 0 Å². The Kier molecular flexibility index (Phi) is 7.15. The smallest absolute Gasteiger partial charge is 0.127 e. The van der Waals surface area contributed by atoms with E-state index >= 15 is 0 Å². The van der Waals surface area contributed by atoms with Gasteiger partial charge in [-0.05, 0) is 24.3 Å². The second kappa shape index (κ2) is 9.11. The van der Waals surface area contributed by atoms with Gasteiger partial charge in [0.1, 0.15) is 18.5 Å². The van der Waals surface area contributed by atoms with E-state index in [1.807, 2.05) is 24.3 Å². The van der Waals surface area contributed by atoms with Crippen LogP contribution in [-0.4, -0.2) is 30.4 Å². The molecule has 0 heterocycles. The number of rotatable bonds is 6. The van der Waals surface area contributed by atoms with Crippen LogP contribution in [0.4, 0.5) is 0 Å². The molecule has 3 rings (SSSR count). The van der Waals surface area contributed by atoms with Crippen molar-refractivity contribution in [3.8, 4) is 5.75 Å². The number of hydrogen-bond donors (Lipinski definition) is 2. The second-order valence-corrected chi connectivity index (χ2v) is 6.19. The first kappa shape index (κ1) is 18.1. The predicted octanol–water partition coefficient (Wildman–Crippen LogP) is 3.92. The highest BCUT2D eigenvalue weighted by molar-refractivity contribution is 5.88. The normalized spacial score (nSPS) is 16.7. The molecule has 0 amide bonds. The van der Waals surface area contributed by atoms with Crippen molar-refractivity contribution in [2.75, 3.05) is 13.2 Å². The molecule has 2 aromatic carbocycles. The molecule has 2 N–H and O–H groups in total. The van der Waals surface area contributed by atoms with Crippen molar-refractivity contribution in [2.45, 2.75) is 44.2 Å². The molecule has 0 bridgehead atoms. The summed E-state index contributed by atoms with van der Waals surface area (Å²) < 4.78 is 5.83. The molecule has 0 aliphatic heterocycles. The summed E-state index contributed by atoms with van der Waals surface area (Å²) >= 11 is 0. The maximum Gasteiger partial charge on any atom is 0.127 e. The molecule has 0 unspecified atom stereocenters. The van der Waals surface area contributed by atoms with Crippen LogP contribution in [0.25, 0.3) is 10.8 Å². The summed E-state index contributed by atoms with van der Waals surface area (Å²) in [5.41, 5.74) is 0. The van der Waals surface area contributed by atoms with E-state index in [9.17, 15) is 5.11 Å². The van der Waals surface area contributed by atoms with Gasteiger partial charge in [0.05, 0.1) is 0 Å². The molecular formula is C19H26ClNO2. The van der Waals surface area contributed by atoms with Crippen molar-refractivity contribution >= 4 is 23.2 Å². The van der Waals surface area contributed by atoms with E-state index < -0.39 is 6.10 Å². The van der Waals surface area contributed by atoms with E-state index in [1.165, 1.54) is 32.1 Å². The average molecular weight is 336 g/mol. The molecule has 0 radical (unpaired) electrons. The quantitative estimate of drug-likeness (QED) is 0.840. The third kappa shape index (κ3) is 5.10. The largest absolute Gasteiger partial charge is 0.490 e. The molecule has 0 aromatic heterocycles. The highest BCUT2D eigenvalue weighted by Crippen LogP contribution is 2.25. The standard InChI is InChI=1S/C19H25NO2.ClH/c21-17(13-20-16-9-2-1-3-10-16)14-22-19-12-6-8-15-7-4-5-11-18(15)19;/h4-8,11-12,16-17,20-21H,1-3,9-10,13-14H2;1H/t17-;/m0./s1. The number of halogens is 1. The fourth-order valence-corrected chi connectivity index (χ4v) is 3.18. The SMILES string of the molecule is Cl.O[C@@H](CNC1CCCCC1)COc1cccc2ccccc12. The maximum atomic E-state index is 10.1. The molecule has 1 saturated carbocycles. The second-order valence-electron chi connectivity index (χ2n) is 6.19. The van der Waals surface area contributed by atoms with Crippen molar-refractivity contribution in [1.29, 1.82) is 0 Å². The number of aliphatic hydroxyl groups excluding tert-OH is 1. The van der Waals surface area contributed by atoms with Gasteiger partial charge in [0.25, 0.3) is 0 Å². The number of benzene rings is 2. The summed E-state index contributed by atoms with van der Waals surface area (Å²) in [7, 11) is 0. The average Bonchev–Trinajstić information content (AvgIpc) is 2.59. The lowest BCUT2D eigenvalue weighted by molar-refractivity contribution is 0.102. The zero-order chi connectivity index (χ0) is 15.2. The number of nitrogens with one attached hydrogen (secondary N) is 1. The molecular weight excluding hydrogens is 310 g/mol. The Morgan fingerprint density at radius 3 is 2.61 bits per heavy atom. The van der Waals surface area contributed by atoms with Gasteiger partial charge >= 0.3 is 0 Å². The predicted molar refractivity (Wildman–Crippen MR) is 97.6 cm³/mol. The van der Waals surface area contributed by atoms with Gasteiger partial charge in [-0.25, -0.2) is 0 Å². The molecule has 23 heavy (non-hydrogen) atoms. The first-order chi connectivity index (χ1) is 10.8. The van der Waals surface area contributed by atoms with Gasteiger partial charge in [0.2, 0.25) is 0 Å². The highest BCUT2D eigenvalue weighted by atomic mass is 35.5. The lowest BCUT2D eigenvalue weighted by Gasteiger charge is -2.24. The summed E-state index contributed by atoms with van der Waals surface area (Å²) in [5.74, 6) is 0.842. The third-order valence-electron chi connectivity index (χ3n) is 4.43. The lowest BCUT2D eigenvalue weighted by Crippen LogP contribution is -2.38. The monoisotopic (exact) mass is 335 g/mol. The molecule has 0 spiro atoms. The number of ether oxygens (including phenoxy) is 1. The molecule has 4 heteroatoms. The van der Waals surface area contributed by atoms with Gasteiger partial charge in [0, 0.05) is 18.0 Å². The van der Waals surface area contributed by atoms with Gasteiger partial charge in [-0.1, -0.05) is 55.7 Å². The lowest BCUT2D eigenvalue weighted by atomic mass is 9.95. The summed E-state index contributed by atoms with van der Waals surface area (Å²) in [4.78, 5) is 0. The Balaban J connectivity index is 0.00000192. The highest BCUT2D eigenvalue weighted by Gasteiger charge is 2.14. The van der Waals surface area contributed by atoms with Gasteiger partial charge in [-0.15, -0.1) is 12.4 Å². The van der Waals surface area contributed by atoms with Crippen LogP contribution in [0.15, 0.2) is 42.5 Å². The van der Waals surface area contributed by atoms with Crippen LogP contribution in [-0.2, 0) is 0 Å². The van der Waals surface area contributed by atoms with Crippen molar-refractivity contribution in [3.05, 3.63) is 42.5 Å². The Morgan fingerprint density at radius 1 is 1.04 bits per heavy atom. The Morgan fingerprint density at radius 2 is 1.78 bits per heavy atom. The summed E-state index contributed by atoms with van der Waals surface area (Å²) in [5, 5.41) is 15.8. The fraction of sp³-hybridized carbons (Fsp3) is 0.474. The summed E-state index contributed by atoms with van der Waals surface area (Å²) in [6.45, 7) is 0.934. The first-order valence-corrected chi connectivity index (χ1v) is 8.35. The number of fused-ring (bicyclic) bond motifs is 1. The van der Waals surface area contributed by atoms with E-state index in [1.54, 1.807) is 0 Å². The molecule has 126 valence electrons. The molecule has 3 nitrogen and oxygen atoms in total. The molecule has 2 aromatic rings. The third-order valence-corrected chi connectivity index (χ3v) is 4.43. The van der Waals surface area contributed by atoms with E-state index in [0.717, 1.165) is 16.5 Å². The van der Waals surface area contributed by atoms with Crippen molar-refractivity contribution in [2.24, 2.45) is 0 Å². The van der Waals surface area contributed by atoms with Gasteiger partial charge in [-0.2, -0.15) is 0 Å². The van der Waals surface area contributed by atoms with Crippen molar-refractivity contribution < 1.29 is 9.84 Å². The van der Waals surface area contributed by atoms with Crippen LogP contribution in [0.1, 0.15) is 32.1 Å². The van der Waals surface area contributed by atoms with E-state index in [4.69, 9.17) is 4.74 Å². The summed E-state index contributed by atoms with van der Waals surface area (Å²) in [6.07, 6.45) is 5.96. The summed E-state index contributed by atoms with van der Waals surface area (Å²) in [6, 6.07) is 14.8. The van der Waals surface area contributed by atoms with E-state index in [-0.39, 0.29) is 12.4 Å². The molecule has 1 aliphatic rings. The van der Waals surface area contributed by atoms with Crippen molar-refractivity contribution in [3.63, 3.8) is 0 Å². The Bertz CT molecular complexity index is 593. The van der Waals surface area contributed by atoms with Crippen LogP contribution in [0.5, 0.6) is 5.75 Å². The Hall–Kier alpha value is -1.29. The van der Waals surface area contributed by atoms with Gasteiger partial charge in [0.15, 0.2) is 0 Å². The molecule has 1 atom stereocenters. The minimum Gasteiger partial charge on any atom is -0.490 e. The van der Waals surface area contributed by atoms with E-state index in [0.29, 0.717) is 19.2 Å². The van der Waals surface area contributed by atoms with Gasteiger partial charge in [-0.3, -0.25) is 0 Å². The van der Waals surface area contributed by atoms with Crippen LogP contribution >= 0.6 is 12.4 Å². The fourth-order valence-electron chi connectivity index (χ4n) is 3.18. The van der Waals surface area contributed by atoms with Crippen LogP contribution in [0.3, 0.4) is 0 Å². The number of hydrogen-bond acceptors (Lipinski definition) is 3. The van der Waals surface area contributed by atoms with Crippen molar-refractivity contribution in [1.82, 2.24) is 5.32 Å². The van der Waals surface area contributed by atoms with Crippen LogP contribution < -0.4 is 10.1 Å². The van der Waals surface area contributed by atoms with Crippen LogP contribution in [0.2, 0.25) is 0 Å². The molecule has 0 saturated heterocycles. The molecule has 1 aliphatic carbocycles. The Labute approximate surface area is 144 Å².